The molecule has 120 valence electrons. The normalized spacial score (nSPS) is 18.9. The van der Waals surface area contributed by atoms with Gasteiger partial charge in [-0.25, -0.2) is 0 Å². The fourth-order valence-corrected chi connectivity index (χ4v) is 3.18. The van der Waals surface area contributed by atoms with Crippen molar-refractivity contribution in [2.24, 2.45) is 0 Å². The zero-order chi connectivity index (χ0) is 15.3. The van der Waals surface area contributed by atoms with Crippen LogP contribution in [-0.4, -0.2) is 53.1 Å². The van der Waals surface area contributed by atoms with Crippen molar-refractivity contribution in [1.29, 1.82) is 0 Å². The van der Waals surface area contributed by atoms with E-state index in [4.69, 9.17) is 4.74 Å². The molecule has 1 aliphatic heterocycles. The summed E-state index contributed by atoms with van der Waals surface area (Å²) in [7, 11) is 0. The van der Waals surface area contributed by atoms with E-state index < -0.39 is 0 Å². The molecule has 0 bridgehead atoms. The van der Waals surface area contributed by atoms with Gasteiger partial charge in [-0.05, 0) is 26.8 Å². The van der Waals surface area contributed by atoms with E-state index in [-0.39, 0.29) is 11.6 Å². The van der Waals surface area contributed by atoms with E-state index in [2.05, 4.69) is 53.9 Å². The van der Waals surface area contributed by atoms with Crippen molar-refractivity contribution in [2.75, 3.05) is 32.8 Å². The van der Waals surface area contributed by atoms with E-state index in [0.29, 0.717) is 0 Å². The van der Waals surface area contributed by atoms with Crippen LogP contribution in [0.5, 0.6) is 0 Å². The Morgan fingerprint density at radius 1 is 1.33 bits per heavy atom. The molecule has 0 amide bonds. The Labute approximate surface area is 128 Å². The second-order valence-electron chi connectivity index (χ2n) is 6.28. The molecule has 1 aromatic rings. The molecule has 0 aliphatic carbocycles. The molecule has 21 heavy (non-hydrogen) atoms. The quantitative estimate of drug-likeness (QED) is 0.836. The lowest BCUT2D eigenvalue weighted by atomic mass is 9.88. The van der Waals surface area contributed by atoms with Gasteiger partial charge in [0.25, 0.3) is 0 Å². The van der Waals surface area contributed by atoms with Crippen molar-refractivity contribution in [1.82, 2.24) is 20.0 Å². The molecular weight excluding hydrogens is 264 g/mol. The number of morpholine rings is 1. The van der Waals surface area contributed by atoms with E-state index in [0.717, 1.165) is 45.8 Å². The van der Waals surface area contributed by atoms with E-state index >= 15 is 0 Å². The zero-order valence-corrected chi connectivity index (χ0v) is 13.9. The molecule has 0 radical (unpaired) electrons. The van der Waals surface area contributed by atoms with Crippen LogP contribution in [0, 0.1) is 0 Å². The van der Waals surface area contributed by atoms with Crippen LogP contribution in [0.4, 0.5) is 0 Å². The van der Waals surface area contributed by atoms with E-state index in [1.165, 1.54) is 5.56 Å². The number of ether oxygens (including phenoxy) is 1. The van der Waals surface area contributed by atoms with E-state index in [9.17, 15) is 0 Å². The van der Waals surface area contributed by atoms with Gasteiger partial charge in [0, 0.05) is 36.9 Å². The second kappa shape index (κ2) is 7.38. The predicted molar refractivity (Wildman–Crippen MR) is 85.4 cm³/mol. The monoisotopic (exact) mass is 294 g/mol. The Balaban J connectivity index is 2.18. The number of likely N-dealkylation sites (N-methyl/N-ethyl adjacent to an activating group) is 1. The summed E-state index contributed by atoms with van der Waals surface area (Å²) in [6.45, 7) is 14.6. The van der Waals surface area contributed by atoms with Gasteiger partial charge in [-0.15, -0.1) is 0 Å². The minimum absolute atomic E-state index is 0.0415. The van der Waals surface area contributed by atoms with Gasteiger partial charge >= 0.3 is 0 Å². The molecule has 1 atom stereocenters. The Bertz CT molecular complexity index is 424. The first-order valence-corrected chi connectivity index (χ1v) is 8.18. The molecule has 2 rings (SSSR count). The molecule has 2 heterocycles. The molecule has 1 N–H and O–H groups in total. The first kappa shape index (κ1) is 16.5. The third-order valence-corrected chi connectivity index (χ3v) is 4.38. The largest absolute Gasteiger partial charge is 0.379 e. The van der Waals surface area contributed by atoms with Gasteiger partial charge in [0.05, 0.1) is 25.5 Å². The lowest BCUT2D eigenvalue weighted by Crippen LogP contribution is -2.56. The van der Waals surface area contributed by atoms with Crippen molar-refractivity contribution >= 4 is 0 Å². The molecule has 1 fully saturated rings. The smallest absolute Gasteiger partial charge is 0.0594 e. The van der Waals surface area contributed by atoms with Gasteiger partial charge in [0.15, 0.2) is 0 Å². The zero-order valence-electron chi connectivity index (χ0n) is 13.9. The van der Waals surface area contributed by atoms with Gasteiger partial charge in [-0.2, -0.15) is 5.10 Å². The average molecular weight is 294 g/mol. The number of nitrogens with zero attached hydrogens (tertiary/aromatic N) is 3. The fraction of sp³-hybridized carbons (Fsp3) is 0.812. The van der Waals surface area contributed by atoms with Gasteiger partial charge in [-0.3, -0.25) is 9.58 Å². The number of aryl methyl sites for hydroxylation is 1. The van der Waals surface area contributed by atoms with Gasteiger partial charge in [-0.1, -0.05) is 13.8 Å². The van der Waals surface area contributed by atoms with Gasteiger partial charge in [0.1, 0.15) is 0 Å². The molecular formula is C16H30N4O. The number of hydrogen-bond acceptors (Lipinski definition) is 4. The molecule has 5 nitrogen and oxygen atoms in total. The van der Waals surface area contributed by atoms with E-state index in [1.54, 1.807) is 0 Å². The lowest BCUT2D eigenvalue weighted by molar-refractivity contribution is -0.0236. The summed E-state index contributed by atoms with van der Waals surface area (Å²) in [4.78, 5) is 2.53. The molecule has 1 aliphatic rings. The summed E-state index contributed by atoms with van der Waals surface area (Å²) in [5.41, 5.74) is 1.32. The van der Waals surface area contributed by atoms with Crippen molar-refractivity contribution in [3.05, 3.63) is 18.0 Å². The maximum atomic E-state index is 5.50. The van der Waals surface area contributed by atoms with Crippen LogP contribution in [0.3, 0.4) is 0 Å². The summed E-state index contributed by atoms with van der Waals surface area (Å²) < 4.78 is 7.55. The third-order valence-electron chi connectivity index (χ3n) is 4.38. The van der Waals surface area contributed by atoms with Gasteiger partial charge in [0.2, 0.25) is 0 Å². The lowest BCUT2D eigenvalue weighted by Gasteiger charge is -2.45. The summed E-state index contributed by atoms with van der Waals surface area (Å²) in [6, 6.07) is 0.284. The number of rotatable bonds is 7. The highest BCUT2D eigenvalue weighted by atomic mass is 16.5. The Morgan fingerprint density at radius 2 is 2.05 bits per heavy atom. The minimum atomic E-state index is 0.0415. The Morgan fingerprint density at radius 3 is 2.67 bits per heavy atom. The standard InChI is InChI=1S/C16H30N4O/c1-5-7-20-13-14(12-18-20)15(17-6-2)16(3,4)19-8-10-21-11-9-19/h12-13,15,17H,5-11H2,1-4H3. The summed E-state index contributed by atoms with van der Waals surface area (Å²) in [5, 5.41) is 8.16. The Kier molecular flexibility index (Phi) is 5.79. The Hall–Kier alpha value is -0.910. The maximum Gasteiger partial charge on any atom is 0.0594 e. The van der Waals surface area contributed by atoms with Crippen LogP contribution in [0.1, 0.15) is 45.7 Å². The van der Waals surface area contributed by atoms with Crippen LogP contribution < -0.4 is 5.32 Å². The fourth-order valence-electron chi connectivity index (χ4n) is 3.18. The first-order valence-electron chi connectivity index (χ1n) is 8.18. The predicted octanol–water partition coefficient (Wildman–Crippen LogP) is 2.05. The highest BCUT2D eigenvalue weighted by Crippen LogP contribution is 2.31. The van der Waals surface area contributed by atoms with E-state index in [1.807, 2.05) is 6.20 Å². The van der Waals surface area contributed by atoms with Crippen molar-refractivity contribution in [2.45, 2.75) is 52.2 Å². The van der Waals surface area contributed by atoms with Crippen molar-refractivity contribution in [3.8, 4) is 0 Å². The number of hydrogen-bond donors (Lipinski definition) is 1. The van der Waals surface area contributed by atoms with Gasteiger partial charge < -0.3 is 10.1 Å². The van der Waals surface area contributed by atoms with Crippen LogP contribution in [0.2, 0.25) is 0 Å². The van der Waals surface area contributed by atoms with Crippen LogP contribution in [0.15, 0.2) is 12.4 Å². The van der Waals surface area contributed by atoms with Crippen LogP contribution in [-0.2, 0) is 11.3 Å². The van der Waals surface area contributed by atoms with Crippen LogP contribution >= 0.6 is 0 Å². The second-order valence-corrected chi connectivity index (χ2v) is 6.28. The molecule has 5 heteroatoms. The summed E-state index contributed by atoms with van der Waals surface area (Å²) in [5.74, 6) is 0. The van der Waals surface area contributed by atoms with Crippen LogP contribution in [0.25, 0.3) is 0 Å². The molecule has 0 aromatic carbocycles. The average Bonchev–Trinajstić information content (AvgIpc) is 2.94. The minimum Gasteiger partial charge on any atom is -0.379 e. The highest BCUT2D eigenvalue weighted by molar-refractivity contribution is 5.17. The topological polar surface area (TPSA) is 42.3 Å². The SMILES string of the molecule is CCCn1cc(C(NCC)C(C)(C)N2CCOCC2)cn1. The summed E-state index contributed by atoms with van der Waals surface area (Å²) >= 11 is 0. The first-order chi connectivity index (χ1) is 10.1. The van der Waals surface area contributed by atoms with Crippen molar-refractivity contribution < 1.29 is 4.74 Å². The number of nitrogens with one attached hydrogen (secondary N) is 1. The number of aromatic nitrogens is 2. The summed E-state index contributed by atoms with van der Waals surface area (Å²) in [6.07, 6.45) is 5.32. The molecule has 0 spiro atoms. The molecule has 1 unspecified atom stereocenters. The molecule has 0 saturated carbocycles. The molecule has 1 saturated heterocycles. The maximum absolute atomic E-state index is 5.50. The highest BCUT2D eigenvalue weighted by Gasteiger charge is 2.37. The molecule has 1 aromatic heterocycles. The van der Waals surface area contributed by atoms with Crippen molar-refractivity contribution in [3.63, 3.8) is 0 Å². The third kappa shape index (κ3) is 3.84.